The van der Waals surface area contributed by atoms with Crippen molar-refractivity contribution in [2.45, 2.75) is 19.8 Å². The molecule has 0 bridgehead atoms. The number of ether oxygens (including phenoxy) is 2. The van der Waals surface area contributed by atoms with Gasteiger partial charge in [0.2, 0.25) is 0 Å². The van der Waals surface area contributed by atoms with Crippen molar-refractivity contribution in [3.8, 4) is 11.5 Å². The van der Waals surface area contributed by atoms with E-state index in [0.717, 1.165) is 12.0 Å². The number of benzene rings is 1. The summed E-state index contributed by atoms with van der Waals surface area (Å²) in [4.78, 5) is 10.7. The molecule has 4 nitrogen and oxygen atoms in total. The summed E-state index contributed by atoms with van der Waals surface area (Å²) in [5, 5.41) is 8.74. The number of carboxylic acids is 1. The number of hydrogen-bond acceptors (Lipinski definition) is 4. The van der Waals surface area contributed by atoms with Crippen LogP contribution >= 0.6 is 12.2 Å². The van der Waals surface area contributed by atoms with E-state index in [1.807, 2.05) is 6.92 Å². The van der Waals surface area contributed by atoms with E-state index < -0.39 is 5.97 Å². The summed E-state index contributed by atoms with van der Waals surface area (Å²) in [7, 11) is 1.55. The Balaban J connectivity index is 2.84. The van der Waals surface area contributed by atoms with Gasteiger partial charge in [0.15, 0.2) is 11.5 Å². The molecule has 1 rings (SSSR count). The Hall–Kier alpha value is -1.62. The second-order valence-electron chi connectivity index (χ2n) is 3.74. The van der Waals surface area contributed by atoms with E-state index in [9.17, 15) is 4.79 Å². The van der Waals surface area contributed by atoms with Gasteiger partial charge in [0.1, 0.15) is 4.86 Å². The first-order chi connectivity index (χ1) is 8.58. The van der Waals surface area contributed by atoms with Crippen molar-refractivity contribution in [2.75, 3.05) is 13.7 Å². The van der Waals surface area contributed by atoms with Gasteiger partial charge < -0.3 is 14.6 Å². The van der Waals surface area contributed by atoms with Crippen molar-refractivity contribution in [3.05, 3.63) is 23.8 Å². The minimum absolute atomic E-state index is 0.0146. The molecule has 0 aromatic heterocycles. The zero-order chi connectivity index (χ0) is 13.5. The zero-order valence-electron chi connectivity index (χ0n) is 10.4. The number of aliphatic carboxylic acids is 1. The number of thiocarbonyl (C=S) groups is 1. The minimum Gasteiger partial charge on any atom is -0.493 e. The molecule has 18 heavy (non-hydrogen) atoms. The highest BCUT2D eigenvalue weighted by molar-refractivity contribution is 7.82. The molecular formula is C13H16O4S. The van der Waals surface area contributed by atoms with Gasteiger partial charge in [0.05, 0.1) is 13.7 Å². The van der Waals surface area contributed by atoms with Crippen LogP contribution in [0.5, 0.6) is 11.5 Å². The average molecular weight is 268 g/mol. The molecule has 1 aromatic carbocycles. The smallest absolute Gasteiger partial charge is 0.342 e. The van der Waals surface area contributed by atoms with Gasteiger partial charge in [0, 0.05) is 6.42 Å². The quantitative estimate of drug-likeness (QED) is 0.770. The van der Waals surface area contributed by atoms with Crippen LogP contribution in [0.2, 0.25) is 0 Å². The molecule has 0 aliphatic heterocycles. The number of methoxy groups -OCH3 is 1. The Kier molecular flexibility index (Phi) is 5.58. The van der Waals surface area contributed by atoms with Crippen LogP contribution in [0.1, 0.15) is 18.9 Å². The number of hydrogen-bond donors (Lipinski definition) is 1. The summed E-state index contributed by atoms with van der Waals surface area (Å²) < 4.78 is 10.7. The SMILES string of the molecule is CCCOc1ccc(CC(=S)C(=O)O)cc1OC. The summed E-state index contributed by atoms with van der Waals surface area (Å²) in [6.45, 7) is 2.63. The highest BCUT2D eigenvalue weighted by Gasteiger charge is 2.10. The summed E-state index contributed by atoms with van der Waals surface area (Å²) in [5.74, 6) is 0.189. The first-order valence-electron chi connectivity index (χ1n) is 5.64. The average Bonchev–Trinajstić information content (AvgIpc) is 2.36. The molecule has 0 atom stereocenters. The maximum absolute atomic E-state index is 10.7. The fourth-order valence-electron chi connectivity index (χ4n) is 1.41. The van der Waals surface area contributed by atoms with Crippen LogP contribution in [-0.2, 0) is 11.2 Å². The Morgan fingerprint density at radius 3 is 2.67 bits per heavy atom. The van der Waals surface area contributed by atoms with Gasteiger partial charge in [-0.3, -0.25) is 0 Å². The molecule has 0 fully saturated rings. The summed E-state index contributed by atoms with van der Waals surface area (Å²) in [5.41, 5.74) is 0.795. The second-order valence-corrected chi connectivity index (χ2v) is 4.23. The lowest BCUT2D eigenvalue weighted by atomic mass is 10.1. The molecule has 0 unspecified atom stereocenters. The maximum atomic E-state index is 10.7. The summed E-state index contributed by atoms with van der Waals surface area (Å²) in [6.07, 6.45) is 1.13. The van der Waals surface area contributed by atoms with E-state index in [1.54, 1.807) is 25.3 Å². The minimum atomic E-state index is -1.06. The van der Waals surface area contributed by atoms with E-state index >= 15 is 0 Å². The largest absolute Gasteiger partial charge is 0.493 e. The monoisotopic (exact) mass is 268 g/mol. The van der Waals surface area contributed by atoms with Crippen LogP contribution in [-0.4, -0.2) is 29.7 Å². The van der Waals surface area contributed by atoms with Crippen molar-refractivity contribution >= 4 is 23.1 Å². The third kappa shape index (κ3) is 4.00. The van der Waals surface area contributed by atoms with Gasteiger partial charge in [-0.2, -0.15) is 0 Å². The van der Waals surface area contributed by atoms with Gasteiger partial charge >= 0.3 is 5.97 Å². The molecule has 0 radical (unpaired) electrons. The van der Waals surface area contributed by atoms with Crippen molar-refractivity contribution in [1.82, 2.24) is 0 Å². The predicted molar refractivity (Wildman–Crippen MR) is 72.7 cm³/mol. The lowest BCUT2D eigenvalue weighted by Gasteiger charge is -2.11. The van der Waals surface area contributed by atoms with Gasteiger partial charge in [-0.15, -0.1) is 0 Å². The molecule has 0 saturated carbocycles. The summed E-state index contributed by atoms with van der Waals surface area (Å²) >= 11 is 4.77. The third-order valence-corrected chi connectivity index (χ3v) is 2.61. The molecule has 0 heterocycles. The topological polar surface area (TPSA) is 55.8 Å². The Bertz CT molecular complexity index is 443. The third-order valence-electron chi connectivity index (χ3n) is 2.29. The lowest BCUT2D eigenvalue weighted by molar-refractivity contribution is -0.129. The molecule has 1 aromatic rings. The Morgan fingerprint density at radius 1 is 1.39 bits per heavy atom. The normalized spacial score (nSPS) is 9.89. The molecule has 5 heteroatoms. The molecule has 0 aliphatic rings. The van der Waals surface area contributed by atoms with Crippen molar-refractivity contribution < 1.29 is 19.4 Å². The van der Waals surface area contributed by atoms with Crippen LogP contribution in [0.3, 0.4) is 0 Å². The van der Waals surface area contributed by atoms with Gasteiger partial charge in [-0.25, -0.2) is 4.79 Å². The molecule has 0 spiro atoms. The molecular weight excluding hydrogens is 252 g/mol. The van der Waals surface area contributed by atoms with Crippen LogP contribution in [0.4, 0.5) is 0 Å². The predicted octanol–water partition coefficient (Wildman–Crippen LogP) is 2.48. The zero-order valence-corrected chi connectivity index (χ0v) is 11.3. The Labute approximate surface area is 112 Å². The fraction of sp³-hybridized carbons (Fsp3) is 0.385. The molecule has 0 saturated heterocycles. The van der Waals surface area contributed by atoms with Gasteiger partial charge in [-0.05, 0) is 24.1 Å². The number of carbonyl (C=O) groups is 1. The van der Waals surface area contributed by atoms with E-state index in [2.05, 4.69) is 0 Å². The lowest BCUT2D eigenvalue weighted by Crippen LogP contribution is -2.12. The van der Waals surface area contributed by atoms with E-state index in [0.29, 0.717) is 18.1 Å². The molecule has 0 aliphatic carbocycles. The van der Waals surface area contributed by atoms with E-state index in [-0.39, 0.29) is 11.3 Å². The van der Waals surface area contributed by atoms with E-state index in [4.69, 9.17) is 26.8 Å². The van der Waals surface area contributed by atoms with Crippen molar-refractivity contribution in [2.24, 2.45) is 0 Å². The highest BCUT2D eigenvalue weighted by Crippen LogP contribution is 2.28. The summed E-state index contributed by atoms with van der Waals surface area (Å²) in [6, 6.07) is 5.32. The van der Waals surface area contributed by atoms with Gasteiger partial charge in [-0.1, -0.05) is 25.2 Å². The fourth-order valence-corrected chi connectivity index (χ4v) is 1.58. The standard InChI is InChI=1S/C13H16O4S/c1-3-6-17-10-5-4-9(7-11(10)16-2)8-12(18)13(14)15/h4-5,7H,3,6,8H2,1-2H3,(H,14,15). The van der Waals surface area contributed by atoms with Crippen molar-refractivity contribution in [3.63, 3.8) is 0 Å². The van der Waals surface area contributed by atoms with Crippen LogP contribution in [0.15, 0.2) is 18.2 Å². The highest BCUT2D eigenvalue weighted by atomic mass is 32.1. The van der Waals surface area contributed by atoms with Gasteiger partial charge in [0.25, 0.3) is 0 Å². The van der Waals surface area contributed by atoms with E-state index in [1.165, 1.54) is 0 Å². The number of rotatable bonds is 7. The maximum Gasteiger partial charge on any atom is 0.342 e. The molecule has 98 valence electrons. The van der Waals surface area contributed by atoms with Crippen LogP contribution in [0.25, 0.3) is 0 Å². The molecule has 0 amide bonds. The first kappa shape index (κ1) is 14.4. The van der Waals surface area contributed by atoms with Crippen LogP contribution < -0.4 is 9.47 Å². The first-order valence-corrected chi connectivity index (χ1v) is 6.05. The van der Waals surface area contributed by atoms with Crippen molar-refractivity contribution in [1.29, 1.82) is 0 Å². The Morgan fingerprint density at radius 2 is 2.11 bits per heavy atom. The molecule has 1 N–H and O–H groups in total. The number of carboxylic acid groups (broad SMARTS) is 1. The van der Waals surface area contributed by atoms with Crippen LogP contribution in [0, 0.1) is 0 Å². The second kappa shape index (κ2) is 6.96.